The summed E-state index contributed by atoms with van der Waals surface area (Å²) in [5.41, 5.74) is 4.40. The molecule has 5 rings (SSSR count). The van der Waals surface area contributed by atoms with Crippen molar-refractivity contribution < 1.29 is 9.47 Å². The lowest BCUT2D eigenvalue weighted by atomic mass is 9.81. The molecule has 1 spiro atoms. The summed E-state index contributed by atoms with van der Waals surface area (Å²) in [6.45, 7) is 7.10. The summed E-state index contributed by atoms with van der Waals surface area (Å²) in [4.78, 5) is 6.79. The first-order chi connectivity index (χ1) is 14.6. The molecule has 6 heteroatoms. The molecule has 4 heterocycles. The molecule has 3 aromatic rings. The van der Waals surface area contributed by atoms with Crippen LogP contribution in [0.1, 0.15) is 43.9 Å². The predicted octanol–water partition coefficient (Wildman–Crippen LogP) is 4.42. The van der Waals surface area contributed by atoms with Gasteiger partial charge in [0.05, 0.1) is 19.0 Å². The first kappa shape index (κ1) is 19.1. The van der Waals surface area contributed by atoms with Crippen LogP contribution in [0.4, 0.5) is 0 Å². The Labute approximate surface area is 177 Å². The fraction of sp³-hybridized carbons (Fsp3) is 0.417. The Balaban J connectivity index is 1.43. The summed E-state index contributed by atoms with van der Waals surface area (Å²) in [6, 6.07) is 12.7. The van der Waals surface area contributed by atoms with Crippen molar-refractivity contribution in [1.29, 1.82) is 0 Å². The van der Waals surface area contributed by atoms with Crippen molar-refractivity contribution in [1.82, 2.24) is 19.7 Å². The minimum Gasteiger partial charge on any atom is -0.482 e. The molecule has 0 N–H and O–H groups in total. The average Bonchev–Trinajstić information content (AvgIpc) is 3.23. The fourth-order valence-corrected chi connectivity index (χ4v) is 4.79. The second-order valence-corrected chi connectivity index (χ2v) is 8.49. The zero-order valence-corrected chi connectivity index (χ0v) is 17.8. The Bertz CT molecular complexity index is 1050. The molecule has 2 aromatic heterocycles. The number of methoxy groups -OCH3 is 1. The third kappa shape index (κ3) is 3.06. The van der Waals surface area contributed by atoms with E-state index in [1.54, 1.807) is 13.3 Å². The minimum atomic E-state index is -0.313. The maximum Gasteiger partial charge on any atom is 0.217 e. The summed E-state index contributed by atoms with van der Waals surface area (Å²) in [5.74, 6) is 1.68. The maximum atomic E-state index is 6.71. The number of piperidine rings is 1. The van der Waals surface area contributed by atoms with Crippen LogP contribution in [0, 0.1) is 0 Å². The van der Waals surface area contributed by atoms with Gasteiger partial charge in [-0.05, 0) is 32.0 Å². The number of hydrogen-bond donors (Lipinski definition) is 0. The van der Waals surface area contributed by atoms with Crippen LogP contribution in [0.2, 0.25) is 0 Å². The van der Waals surface area contributed by atoms with Crippen molar-refractivity contribution >= 4 is 0 Å². The van der Waals surface area contributed by atoms with Crippen LogP contribution in [0.3, 0.4) is 0 Å². The molecule has 0 aliphatic carbocycles. The zero-order chi connectivity index (χ0) is 20.7. The quantitative estimate of drug-likeness (QED) is 0.644. The molecule has 0 amide bonds. The summed E-state index contributed by atoms with van der Waals surface area (Å²) in [6.07, 6.45) is 5.67. The number of pyridine rings is 1. The smallest absolute Gasteiger partial charge is 0.217 e. The highest BCUT2D eigenvalue weighted by atomic mass is 16.5. The van der Waals surface area contributed by atoms with E-state index >= 15 is 0 Å². The average molecular weight is 405 g/mol. The van der Waals surface area contributed by atoms with E-state index in [9.17, 15) is 0 Å². The number of ether oxygens (including phenoxy) is 2. The third-order valence-electron chi connectivity index (χ3n) is 6.32. The lowest BCUT2D eigenvalue weighted by Gasteiger charge is -2.44. The first-order valence-electron chi connectivity index (χ1n) is 10.7. The van der Waals surface area contributed by atoms with Gasteiger partial charge in [-0.2, -0.15) is 5.10 Å². The van der Waals surface area contributed by atoms with E-state index in [0.717, 1.165) is 49.4 Å². The molecule has 0 radical (unpaired) electrons. The molecule has 6 nitrogen and oxygen atoms in total. The molecule has 0 atom stereocenters. The van der Waals surface area contributed by atoms with Gasteiger partial charge >= 0.3 is 0 Å². The molecular formula is C24H28N4O2. The highest BCUT2D eigenvalue weighted by molar-refractivity contribution is 5.73. The van der Waals surface area contributed by atoms with Crippen molar-refractivity contribution in [3.8, 4) is 22.9 Å². The summed E-state index contributed by atoms with van der Waals surface area (Å²) >= 11 is 0. The third-order valence-corrected chi connectivity index (χ3v) is 6.32. The van der Waals surface area contributed by atoms with E-state index < -0.39 is 0 Å². The van der Waals surface area contributed by atoms with E-state index in [-0.39, 0.29) is 5.60 Å². The summed E-state index contributed by atoms with van der Waals surface area (Å²) in [7, 11) is 1.68. The van der Waals surface area contributed by atoms with Gasteiger partial charge in [-0.25, -0.2) is 4.98 Å². The van der Waals surface area contributed by atoms with Crippen molar-refractivity contribution in [3.05, 3.63) is 59.9 Å². The number of aromatic nitrogens is 3. The van der Waals surface area contributed by atoms with Crippen LogP contribution in [0.25, 0.3) is 11.3 Å². The van der Waals surface area contributed by atoms with E-state index in [1.807, 2.05) is 12.3 Å². The van der Waals surface area contributed by atoms with E-state index in [1.165, 1.54) is 11.3 Å². The molecule has 0 bridgehead atoms. The molecule has 1 saturated heterocycles. The predicted molar refractivity (Wildman–Crippen MR) is 116 cm³/mol. The van der Waals surface area contributed by atoms with Gasteiger partial charge in [-0.15, -0.1) is 0 Å². The molecule has 156 valence electrons. The summed E-state index contributed by atoms with van der Waals surface area (Å²) in [5, 5.41) is 4.75. The normalized spacial score (nSPS) is 17.5. The number of fused-ring (bicyclic) bond motifs is 4. The van der Waals surface area contributed by atoms with Gasteiger partial charge in [-0.1, -0.05) is 18.2 Å². The Morgan fingerprint density at radius 1 is 1.13 bits per heavy atom. The van der Waals surface area contributed by atoms with Crippen LogP contribution in [0.5, 0.6) is 11.6 Å². The summed E-state index contributed by atoms with van der Waals surface area (Å²) < 4.78 is 14.3. The van der Waals surface area contributed by atoms with Crippen LogP contribution in [-0.4, -0.2) is 39.9 Å². The maximum absolute atomic E-state index is 6.71. The lowest BCUT2D eigenvalue weighted by Crippen LogP contribution is -2.47. The Morgan fingerprint density at radius 2 is 1.93 bits per heavy atom. The van der Waals surface area contributed by atoms with Crippen molar-refractivity contribution in [2.75, 3.05) is 20.2 Å². The molecule has 0 unspecified atom stereocenters. The van der Waals surface area contributed by atoms with Gasteiger partial charge in [0.25, 0.3) is 0 Å². The highest BCUT2D eigenvalue weighted by Crippen LogP contribution is 2.50. The van der Waals surface area contributed by atoms with Crippen molar-refractivity contribution in [2.24, 2.45) is 0 Å². The van der Waals surface area contributed by atoms with Gasteiger partial charge in [-0.3, -0.25) is 9.58 Å². The number of rotatable bonds is 4. The second kappa shape index (κ2) is 7.43. The van der Waals surface area contributed by atoms with Crippen LogP contribution in [-0.2, 0) is 12.1 Å². The fourth-order valence-electron chi connectivity index (χ4n) is 4.79. The molecule has 0 saturated carbocycles. The van der Waals surface area contributed by atoms with E-state index in [2.05, 4.69) is 58.7 Å². The number of nitrogens with zero attached hydrogens (tertiary/aromatic N) is 4. The van der Waals surface area contributed by atoms with Crippen LogP contribution >= 0.6 is 0 Å². The molecular weight excluding hydrogens is 376 g/mol. The molecule has 30 heavy (non-hydrogen) atoms. The molecule has 1 aromatic carbocycles. The number of likely N-dealkylation sites (tertiary alicyclic amines) is 1. The van der Waals surface area contributed by atoms with Gasteiger partial charge in [0, 0.05) is 61.4 Å². The molecule has 2 aliphatic rings. The standard InChI is InChI=1S/C24H28N4O2/c1-17(2)28-22-19-8-4-5-9-21(19)30-24(20(22)15-26-28)10-13-27(14-11-24)16-18-7-6-12-25-23(18)29-3/h4-9,12,15,17H,10-11,13-14,16H2,1-3H3. The first-order valence-corrected chi connectivity index (χ1v) is 10.7. The largest absolute Gasteiger partial charge is 0.482 e. The number of hydrogen-bond acceptors (Lipinski definition) is 5. The Kier molecular flexibility index (Phi) is 4.74. The van der Waals surface area contributed by atoms with E-state index in [4.69, 9.17) is 14.6 Å². The van der Waals surface area contributed by atoms with Crippen LogP contribution in [0.15, 0.2) is 48.8 Å². The SMILES string of the molecule is COc1ncccc1CN1CCC2(CC1)Oc1ccccc1-c1c2cnn1C(C)C. The lowest BCUT2D eigenvalue weighted by molar-refractivity contribution is -0.00713. The highest BCUT2D eigenvalue weighted by Gasteiger charge is 2.45. The van der Waals surface area contributed by atoms with Gasteiger partial charge < -0.3 is 9.47 Å². The number of benzene rings is 1. The van der Waals surface area contributed by atoms with Crippen LogP contribution < -0.4 is 9.47 Å². The molecule has 2 aliphatic heterocycles. The Morgan fingerprint density at radius 3 is 2.70 bits per heavy atom. The van der Waals surface area contributed by atoms with Crippen molar-refractivity contribution in [3.63, 3.8) is 0 Å². The zero-order valence-electron chi connectivity index (χ0n) is 17.8. The van der Waals surface area contributed by atoms with Gasteiger partial charge in [0.1, 0.15) is 11.4 Å². The Hall–Kier alpha value is -2.86. The minimum absolute atomic E-state index is 0.301. The monoisotopic (exact) mass is 404 g/mol. The van der Waals surface area contributed by atoms with Gasteiger partial charge in [0.15, 0.2) is 0 Å². The van der Waals surface area contributed by atoms with Gasteiger partial charge in [0.2, 0.25) is 5.88 Å². The topological polar surface area (TPSA) is 52.4 Å². The number of para-hydroxylation sites is 1. The second-order valence-electron chi connectivity index (χ2n) is 8.49. The molecule has 1 fully saturated rings. The van der Waals surface area contributed by atoms with E-state index in [0.29, 0.717) is 11.9 Å². The van der Waals surface area contributed by atoms with Crippen molar-refractivity contribution in [2.45, 2.75) is 44.9 Å².